The van der Waals surface area contributed by atoms with E-state index in [0.717, 1.165) is 24.3 Å². The van der Waals surface area contributed by atoms with Gasteiger partial charge in [0, 0.05) is 19.2 Å². The van der Waals surface area contributed by atoms with Crippen LogP contribution in [0.5, 0.6) is 0 Å². The smallest absolute Gasteiger partial charge is 0.416 e. The second-order valence-electron chi connectivity index (χ2n) is 5.43. The van der Waals surface area contributed by atoms with E-state index < -0.39 is 30.2 Å². The van der Waals surface area contributed by atoms with E-state index in [9.17, 15) is 27.6 Å². The summed E-state index contributed by atoms with van der Waals surface area (Å²) in [5, 5.41) is 2.55. The molecule has 0 saturated heterocycles. The zero-order valence-electron chi connectivity index (χ0n) is 15.0. The number of carbonyl (C=O) groups is 3. The van der Waals surface area contributed by atoms with E-state index in [0.29, 0.717) is 6.54 Å². The van der Waals surface area contributed by atoms with E-state index >= 15 is 0 Å². The molecule has 0 heterocycles. The van der Waals surface area contributed by atoms with Crippen molar-refractivity contribution in [3.8, 4) is 0 Å². The molecule has 1 N–H and O–H groups in total. The van der Waals surface area contributed by atoms with E-state index in [-0.39, 0.29) is 24.6 Å². The van der Waals surface area contributed by atoms with Crippen LogP contribution in [0.3, 0.4) is 0 Å². The monoisotopic (exact) mass is 386 g/mol. The molecular formula is C18H21F3N2O4. The first kappa shape index (κ1) is 22.2. The Morgan fingerprint density at radius 3 is 2.52 bits per heavy atom. The Kier molecular flexibility index (Phi) is 8.50. The van der Waals surface area contributed by atoms with Gasteiger partial charge in [-0.25, -0.2) is 4.79 Å². The molecule has 6 nitrogen and oxygen atoms in total. The number of hydrogen-bond acceptors (Lipinski definition) is 4. The van der Waals surface area contributed by atoms with Gasteiger partial charge in [0.1, 0.15) is 0 Å². The molecule has 0 aromatic heterocycles. The molecule has 0 fully saturated rings. The Labute approximate surface area is 155 Å². The molecule has 2 amide bonds. The average molecular weight is 386 g/mol. The van der Waals surface area contributed by atoms with Gasteiger partial charge in [0.05, 0.1) is 12.1 Å². The molecule has 148 valence electrons. The minimum absolute atomic E-state index is 0.152. The first-order valence-electron chi connectivity index (χ1n) is 8.24. The van der Waals surface area contributed by atoms with Gasteiger partial charge in [0.15, 0.2) is 6.61 Å². The summed E-state index contributed by atoms with van der Waals surface area (Å²) >= 11 is 0. The fraction of sp³-hybridized carbons (Fsp3) is 0.389. The van der Waals surface area contributed by atoms with Gasteiger partial charge in [-0.3, -0.25) is 9.59 Å². The highest BCUT2D eigenvalue weighted by Gasteiger charge is 2.30. The van der Waals surface area contributed by atoms with E-state index in [1.807, 2.05) is 0 Å². The second kappa shape index (κ2) is 10.3. The third-order valence-corrected chi connectivity index (χ3v) is 3.41. The van der Waals surface area contributed by atoms with Crippen LogP contribution in [0.25, 0.3) is 6.08 Å². The molecule has 0 aliphatic heterocycles. The van der Waals surface area contributed by atoms with Crippen LogP contribution in [0.4, 0.5) is 13.2 Å². The van der Waals surface area contributed by atoms with Crippen molar-refractivity contribution in [2.75, 3.05) is 26.2 Å². The van der Waals surface area contributed by atoms with Crippen molar-refractivity contribution in [3.63, 3.8) is 0 Å². The number of ether oxygens (including phenoxy) is 1. The largest absolute Gasteiger partial charge is 0.452 e. The summed E-state index contributed by atoms with van der Waals surface area (Å²) in [5.41, 5.74) is -0.670. The minimum Gasteiger partial charge on any atom is -0.452 e. The number of esters is 1. The quantitative estimate of drug-likeness (QED) is 0.549. The van der Waals surface area contributed by atoms with Crippen LogP contribution in [0.1, 0.15) is 25.0 Å². The van der Waals surface area contributed by atoms with Gasteiger partial charge in [-0.2, -0.15) is 13.2 Å². The van der Waals surface area contributed by atoms with Crippen molar-refractivity contribution in [1.29, 1.82) is 0 Å². The molecule has 0 unspecified atom stereocenters. The molecule has 9 heteroatoms. The highest BCUT2D eigenvalue weighted by Crippen LogP contribution is 2.29. The maximum absolute atomic E-state index is 12.6. The molecule has 0 radical (unpaired) electrons. The summed E-state index contributed by atoms with van der Waals surface area (Å²) < 4.78 is 42.7. The summed E-state index contributed by atoms with van der Waals surface area (Å²) in [6.07, 6.45) is -2.39. The predicted octanol–water partition coefficient (Wildman–Crippen LogP) is 2.25. The normalized spacial score (nSPS) is 11.3. The van der Waals surface area contributed by atoms with Gasteiger partial charge in [-0.05, 0) is 37.6 Å². The van der Waals surface area contributed by atoms with Crippen LogP contribution in [-0.4, -0.2) is 48.9 Å². The minimum atomic E-state index is -4.48. The Bertz CT molecular complexity index is 702. The number of rotatable bonds is 8. The third-order valence-electron chi connectivity index (χ3n) is 3.41. The van der Waals surface area contributed by atoms with Crippen molar-refractivity contribution < 1.29 is 32.3 Å². The molecule has 1 aromatic carbocycles. The van der Waals surface area contributed by atoms with E-state index in [1.165, 1.54) is 17.0 Å². The lowest BCUT2D eigenvalue weighted by Crippen LogP contribution is -2.42. The zero-order chi connectivity index (χ0) is 20.4. The molecule has 0 spiro atoms. The Hall–Kier alpha value is -2.84. The van der Waals surface area contributed by atoms with Crippen LogP contribution in [0.2, 0.25) is 0 Å². The van der Waals surface area contributed by atoms with Crippen LogP contribution >= 0.6 is 0 Å². The Morgan fingerprint density at radius 1 is 1.22 bits per heavy atom. The Morgan fingerprint density at radius 2 is 1.93 bits per heavy atom. The number of benzene rings is 1. The van der Waals surface area contributed by atoms with Crippen molar-refractivity contribution in [2.45, 2.75) is 20.0 Å². The summed E-state index contributed by atoms with van der Waals surface area (Å²) in [4.78, 5) is 36.3. The summed E-state index contributed by atoms with van der Waals surface area (Å²) in [5.74, 6) is -1.76. The van der Waals surface area contributed by atoms with E-state index in [2.05, 4.69) is 5.32 Å². The first-order valence-corrected chi connectivity index (χ1v) is 8.24. The summed E-state index contributed by atoms with van der Waals surface area (Å²) in [6, 6.07) is 4.43. The second-order valence-corrected chi connectivity index (χ2v) is 5.43. The fourth-order valence-electron chi connectivity index (χ4n) is 2.06. The number of nitrogens with zero attached hydrogens (tertiary/aromatic N) is 1. The van der Waals surface area contributed by atoms with Crippen LogP contribution in [0.15, 0.2) is 30.3 Å². The zero-order valence-corrected chi connectivity index (χ0v) is 15.0. The number of alkyl halides is 3. The maximum atomic E-state index is 12.6. The highest BCUT2D eigenvalue weighted by molar-refractivity contribution is 5.90. The third kappa shape index (κ3) is 7.93. The van der Waals surface area contributed by atoms with Gasteiger partial charge in [0.25, 0.3) is 5.91 Å². The molecule has 0 saturated carbocycles. The SMILES string of the molecule is CCNC(=O)CN(CC)C(=O)COC(=O)/C=C/c1cccc(C(F)(F)F)c1. The predicted molar refractivity (Wildman–Crippen MR) is 92.4 cm³/mol. The number of hydrogen-bond donors (Lipinski definition) is 1. The number of likely N-dealkylation sites (N-methyl/N-ethyl adjacent to an activating group) is 2. The molecule has 0 aliphatic carbocycles. The van der Waals surface area contributed by atoms with Gasteiger partial charge < -0.3 is 15.0 Å². The van der Waals surface area contributed by atoms with Crippen molar-refractivity contribution in [3.05, 3.63) is 41.5 Å². The van der Waals surface area contributed by atoms with E-state index in [4.69, 9.17) is 4.74 Å². The average Bonchev–Trinajstić information content (AvgIpc) is 2.62. The van der Waals surface area contributed by atoms with Crippen LogP contribution in [-0.2, 0) is 25.3 Å². The lowest BCUT2D eigenvalue weighted by atomic mass is 10.1. The fourth-order valence-corrected chi connectivity index (χ4v) is 2.06. The molecule has 1 rings (SSSR count). The first-order chi connectivity index (χ1) is 12.7. The molecular weight excluding hydrogens is 365 g/mol. The topological polar surface area (TPSA) is 75.7 Å². The highest BCUT2D eigenvalue weighted by atomic mass is 19.4. The van der Waals surface area contributed by atoms with Gasteiger partial charge in [-0.15, -0.1) is 0 Å². The number of halogens is 3. The van der Waals surface area contributed by atoms with Gasteiger partial charge in [0.2, 0.25) is 5.91 Å². The molecule has 1 aromatic rings. The van der Waals surface area contributed by atoms with Gasteiger partial charge >= 0.3 is 12.1 Å². The van der Waals surface area contributed by atoms with Crippen LogP contribution < -0.4 is 5.32 Å². The Balaban J connectivity index is 2.58. The maximum Gasteiger partial charge on any atom is 0.416 e. The van der Waals surface area contributed by atoms with Gasteiger partial charge in [-0.1, -0.05) is 12.1 Å². The van der Waals surface area contributed by atoms with Crippen molar-refractivity contribution >= 4 is 23.9 Å². The standard InChI is InChI=1S/C18H21F3N2O4/c1-3-22-15(24)11-23(4-2)16(25)12-27-17(26)9-8-13-6-5-7-14(10-13)18(19,20)21/h5-10H,3-4,11-12H2,1-2H3,(H,22,24)/b9-8+. The molecule has 0 aliphatic rings. The molecule has 0 bridgehead atoms. The molecule has 27 heavy (non-hydrogen) atoms. The number of amides is 2. The number of carbonyl (C=O) groups excluding carboxylic acids is 3. The lowest BCUT2D eigenvalue weighted by molar-refractivity contribution is -0.148. The van der Waals surface area contributed by atoms with Crippen molar-refractivity contribution in [1.82, 2.24) is 10.2 Å². The van der Waals surface area contributed by atoms with Crippen LogP contribution in [0, 0.1) is 0 Å². The summed E-state index contributed by atoms with van der Waals surface area (Å²) in [7, 11) is 0. The lowest BCUT2D eigenvalue weighted by Gasteiger charge is -2.19. The van der Waals surface area contributed by atoms with E-state index in [1.54, 1.807) is 13.8 Å². The number of nitrogens with one attached hydrogen (secondary N) is 1. The summed E-state index contributed by atoms with van der Waals surface area (Å²) in [6.45, 7) is 3.38. The van der Waals surface area contributed by atoms with Crippen molar-refractivity contribution in [2.24, 2.45) is 0 Å². The molecule has 0 atom stereocenters.